The van der Waals surface area contributed by atoms with Gasteiger partial charge in [-0.3, -0.25) is 9.52 Å². The minimum absolute atomic E-state index is 0. The fourth-order valence-electron chi connectivity index (χ4n) is 3.06. The van der Waals surface area contributed by atoms with Gasteiger partial charge >= 0.3 is 0 Å². The highest BCUT2D eigenvalue weighted by molar-refractivity contribution is 7.92. The van der Waals surface area contributed by atoms with Crippen LogP contribution in [0.3, 0.4) is 0 Å². The Bertz CT molecular complexity index is 947. The van der Waals surface area contributed by atoms with Gasteiger partial charge in [0.2, 0.25) is 0 Å². The number of carbonyl (C=O) groups excluding carboxylic acids is 1. The maximum atomic E-state index is 12.8. The summed E-state index contributed by atoms with van der Waals surface area (Å²) in [6, 6.07) is 11.7. The number of hydrogen-bond donors (Lipinski definition) is 2. The van der Waals surface area contributed by atoms with E-state index in [1.807, 2.05) is 13.0 Å². The minimum Gasteiger partial charge on any atom is -0.337 e. The van der Waals surface area contributed by atoms with E-state index in [4.69, 9.17) is 5.73 Å². The molecule has 0 spiro atoms. The van der Waals surface area contributed by atoms with Crippen LogP contribution < -0.4 is 10.5 Å². The first kappa shape index (κ1) is 21.2. The van der Waals surface area contributed by atoms with Crippen molar-refractivity contribution in [2.24, 2.45) is 5.73 Å². The molecule has 8 heteroatoms. The number of aryl methyl sites for hydroxylation is 2. The molecular weight excluding hydrogens is 386 g/mol. The number of halogens is 1. The average Bonchev–Trinajstić information content (AvgIpc) is 3.00. The molecule has 1 heterocycles. The van der Waals surface area contributed by atoms with E-state index in [9.17, 15) is 13.2 Å². The number of nitrogens with two attached hydrogens (primary N) is 1. The molecule has 1 aliphatic rings. The standard InChI is InChI=1S/C19H23N3O3S.ClH/c1-13-4-3-5-16(10-13)21-26(24,25)17-7-6-14(2)18(11-17)19(23)22-9-8-15(20)12-22;/h3-7,10-11,15,21H,8-9,12,20H2,1-2H3;1H/t15-;/m1./s1. The van der Waals surface area contributed by atoms with Crippen molar-refractivity contribution in [3.05, 3.63) is 59.2 Å². The molecule has 1 amide bonds. The quantitative estimate of drug-likeness (QED) is 0.811. The van der Waals surface area contributed by atoms with Crippen LogP contribution in [0.25, 0.3) is 0 Å². The maximum Gasteiger partial charge on any atom is 0.261 e. The van der Waals surface area contributed by atoms with Crippen LogP contribution in [-0.4, -0.2) is 38.4 Å². The number of amides is 1. The third-order valence-corrected chi connectivity index (χ3v) is 5.91. The lowest BCUT2D eigenvalue weighted by Crippen LogP contribution is -2.32. The van der Waals surface area contributed by atoms with Gasteiger partial charge in [0.05, 0.1) is 4.90 Å². The lowest BCUT2D eigenvalue weighted by atomic mass is 10.1. The summed E-state index contributed by atoms with van der Waals surface area (Å²) in [6.07, 6.45) is 0.762. The number of sulfonamides is 1. The molecule has 1 fully saturated rings. The SMILES string of the molecule is Cc1cccc(NS(=O)(=O)c2ccc(C)c(C(=O)N3CC[C@@H](N)C3)c2)c1.Cl. The van der Waals surface area contributed by atoms with Crippen molar-refractivity contribution in [1.29, 1.82) is 0 Å². The Labute approximate surface area is 166 Å². The number of carbonyl (C=O) groups is 1. The first-order valence-corrected chi connectivity index (χ1v) is 9.99. The van der Waals surface area contributed by atoms with E-state index in [0.29, 0.717) is 24.3 Å². The van der Waals surface area contributed by atoms with Gasteiger partial charge in [-0.25, -0.2) is 8.42 Å². The van der Waals surface area contributed by atoms with Gasteiger partial charge < -0.3 is 10.6 Å². The van der Waals surface area contributed by atoms with Gasteiger partial charge in [0.15, 0.2) is 0 Å². The third kappa shape index (κ3) is 4.80. The third-order valence-electron chi connectivity index (χ3n) is 4.53. The summed E-state index contributed by atoms with van der Waals surface area (Å²) >= 11 is 0. The van der Waals surface area contributed by atoms with E-state index in [1.165, 1.54) is 12.1 Å². The molecule has 0 aliphatic carbocycles. The lowest BCUT2D eigenvalue weighted by molar-refractivity contribution is 0.0790. The van der Waals surface area contributed by atoms with Crippen LogP contribution in [-0.2, 0) is 10.0 Å². The van der Waals surface area contributed by atoms with Crippen LogP contribution in [0.15, 0.2) is 47.4 Å². The van der Waals surface area contributed by atoms with Crippen molar-refractivity contribution in [1.82, 2.24) is 4.90 Å². The van der Waals surface area contributed by atoms with Crippen molar-refractivity contribution in [3.8, 4) is 0 Å². The summed E-state index contributed by atoms with van der Waals surface area (Å²) in [5.74, 6) is -0.178. The predicted octanol–water partition coefficient (Wildman–Crippen LogP) is 2.70. The lowest BCUT2D eigenvalue weighted by Gasteiger charge is -2.18. The molecule has 0 saturated carbocycles. The van der Waals surface area contributed by atoms with Crippen LogP contribution >= 0.6 is 12.4 Å². The van der Waals surface area contributed by atoms with Gasteiger partial charge in [-0.05, 0) is 55.7 Å². The highest BCUT2D eigenvalue weighted by Gasteiger charge is 2.26. The Morgan fingerprint density at radius 1 is 1.19 bits per heavy atom. The highest BCUT2D eigenvalue weighted by Crippen LogP contribution is 2.22. The second-order valence-corrected chi connectivity index (χ2v) is 8.43. The van der Waals surface area contributed by atoms with Gasteiger partial charge in [0, 0.05) is 30.4 Å². The van der Waals surface area contributed by atoms with E-state index >= 15 is 0 Å². The summed E-state index contributed by atoms with van der Waals surface area (Å²) in [5, 5.41) is 0. The number of nitrogens with one attached hydrogen (secondary N) is 1. The fourth-order valence-corrected chi connectivity index (χ4v) is 4.14. The maximum absolute atomic E-state index is 12.8. The summed E-state index contributed by atoms with van der Waals surface area (Å²) in [5.41, 5.74) is 8.46. The number of rotatable bonds is 4. The molecule has 1 atom stereocenters. The van der Waals surface area contributed by atoms with E-state index in [-0.39, 0.29) is 29.3 Å². The molecule has 1 saturated heterocycles. The van der Waals surface area contributed by atoms with E-state index in [0.717, 1.165) is 17.5 Å². The molecule has 0 radical (unpaired) electrons. The Hall–Kier alpha value is -2.09. The molecule has 3 N–H and O–H groups in total. The molecule has 146 valence electrons. The van der Waals surface area contributed by atoms with Crippen molar-refractivity contribution in [2.75, 3.05) is 17.8 Å². The Morgan fingerprint density at radius 2 is 1.93 bits per heavy atom. The summed E-state index contributed by atoms with van der Waals surface area (Å²) in [6.45, 7) is 4.78. The monoisotopic (exact) mass is 409 g/mol. The zero-order valence-electron chi connectivity index (χ0n) is 15.3. The molecule has 6 nitrogen and oxygen atoms in total. The fraction of sp³-hybridized carbons (Fsp3) is 0.316. The minimum atomic E-state index is -3.78. The molecule has 27 heavy (non-hydrogen) atoms. The van der Waals surface area contributed by atoms with E-state index in [1.54, 1.807) is 36.1 Å². The van der Waals surface area contributed by atoms with Crippen LogP contribution in [0.1, 0.15) is 27.9 Å². The first-order valence-electron chi connectivity index (χ1n) is 8.51. The van der Waals surface area contributed by atoms with Gasteiger partial charge in [0.1, 0.15) is 0 Å². The van der Waals surface area contributed by atoms with Crippen molar-refractivity contribution < 1.29 is 13.2 Å². The Kier molecular flexibility index (Phi) is 6.51. The average molecular weight is 410 g/mol. The Balaban J connectivity index is 0.00000261. The van der Waals surface area contributed by atoms with Gasteiger partial charge in [-0.1, -0.05) is 18.2 Å². The van der Waals surface area contributed by atoms with Gasteiger partial charge in [-0.2, -0.15) is 0 Å². The zero-order valence-corrected chi connectivity index (χ0v) is 16.9. The molecule has 0 bridgehead atoms. The number of hydrogen-bond acceptors (Lipinski definition) is 4. The first-order chi connectivity index (χ1) is 12.3. The molecule has 2 aromatic carbocycles. The number of anilines is 1. The molecule has 0 unspecified atom stereocenters. The normalized spacial score (nSPS) is 16.7. The topological polar surface area (TPSA) is 92.5 Å². The van der Waals surface area contributed by atoms with Gasteiger partial charge in [-0.15, -0.1) is 12.4 Å². The van der Waals surface area contributed by atoms with Crippen molar-refractivity contribution in [2.45, 2.75) is 31.2 Å². The second-order valence-electron chi connectivity index (χ2n) is 6.75. The summed E-state index contributed by atoms with van der Waals surface area (Å²) in [4.78, 5) is 14.5. The highest BCUT2D eigenvalue weighted by atomic mass is 35.5. The van der Waals surface area contributed by atoms with Crippen molar-refractivity contribution >= 4 is 34.0 Å². The van der Waals surface area contributed by atoms with Crippen molar-refractivity contribution in [3.63, 3.8) is 0 Å². The van der Waals surface area contributed by atoms with E-state index in [2.05, 4.69) is 4.72 Å². The molecule has 2 aromatic rings. The zero-order chi connectivity index (χ0) is 18.9. The van der Waals surface area contributed by atoms with Crippen LogP contribution in [0.2, 0.25) is 0 Å². The largest absolute Gasteiger partial charge is 0.337 e. The number of nitrogens with zero attached hydrogens (tertiary/aromatic N) is 1. The molecule has 3 rings (SSSR count). The van der Waals surface area contributed by atoms with Crippen LogP contribution in [0, 0.1) is 13.8 Å². The summed E-state index contributed by atoms with van der Waals surface area (Å²) < 4.78 is 28.0. The van der Waals surface area contributed by atoms with Gasteiger partial charge in [0.25, 0.3) is 15.9 Å². The van der Waals surface area contributed by atoms with Crippen LogP contribution in [0.4, 0.5) is 5.69 Å². The molecular formula is C19H24ClN3O3S. The van der Waals surface area contributed by atoms with E-state index < -0.39 is 10.0 Å². The molecule has 1 aliphatic heterocycles. The van der Waals surface area contributed by atoms with Crippen LogP contribution in [0.5, 0.6) is 0 Å². The number of benzene rings is 2. The Morgan fingerprint density at radius 3 is 2.56 bits per heavy atom. The summed E-state index contributed by atoms with van der Waals surface area (Å²) in [7, 11) is -3.78. The second kappa shape index (κ2) is 8.29. The molecule has 0 aromatic heterocycles. The number of likely N-dealkylation sites (tertiary alicyclic amines) is 1. The smallest absolute Gasteiger partial charge is 0.261 e. The predicted molar refractivity (Wildman–Crippen MR) is 109 cm³/mol.